The van der Waals surface area contributed by atoms with Gasteiger partial charge in [-0.25, -0.2) is 0 Å². The number of hydrogen-bond donors (Lipinski definition) is 0. The smallest absolute Gasteiger partial charge is 0.0270 e. The Morgan fingerprint density at radius 3 is 1.36 bits per heavy atom. The van der Waals surface area contributed by atoms with E-state index in [-0.39, 0.29) is 0 Å². The molecular weight excluding hydrogens is 268 g/mol. The van der Waals surface area contributed by atoms with E-state index in [1.165, 1.54) is 49.7 Å². The summed E-state index contributed by atoms with van der Waals surface area (Å²) < 4.78 is 0. The minimum absolute atomic E-state index is 0.580. The molecule has 0 spiro atoms. The molecule has 0 radical (unpaired) electrons. The Morgan fingerprint density at radius 2 is 1.05 bits per heavy atom. The monoisotopic (exact) mass is 296 g/mol. The Kier molecular flexibility index (Phi) is 7.08. The number of pyridine rings is 2. The van der Waals surface area contributed by atoms with Crippen molar-refractivity contribution < 1.29 is 0 Å². The first-order chi connectivity index (χ1) is 10.9. The molecule has 0 saturated carbocycles. The lowest BCUT2D eigenvalue weighted by molar-refractivity contribution is 0.449. The number of unbranched alkanes of at least 4 members (excludes halogenated alkanes) is 2. The maximum absolute atomic E-state index is 4.19. The summed E-state index contributed by atoms with van der Waals surface area (Å²) in [5.41, 5.74) is 2.86. The highest BCUT2D eigenvalue weighted by atomic mass is 14.6. The number of nitrogens with zero attached hydrogens (tertiary/aromatic N) is 2. The summed E-state index contributed by atoms with van der Waals surface area (Å²) in [6.07, 6.45) is 15.3. The zero-order chi connectivity index (χ0) is 15.6. The molecule has 0 amide bonds. The van der Waals surface area contributed by atoms with Crippen LogP contribution in [0.25, 0.3) is 0 Å². The van der Waals surface area contributed by atoms with E-state index in [9.17, 15) is 0 Å². The fraction of sp³-hybridized carbons (Fsp3) is 0.500. The Bertz CT molecular complexity index is 460. The van der Waals surface area contributed by atoms with Crippen LogP contribution in [0.1, 0.15) is 75.3 Å². The van der Waals surface area contributed by atoms with Gasteiger partial charge in [0.1, 0.15) is 0 Å². The molecule has 0 unspecified atom stereocenters. The zero-order valence-electron chi connectivity index (χ0n) is 13.9. The third kappa shape index (κ3) is 4.66. The molecule has 0 aliphatic carbocycles. The quantitative estimate of drug-likeness (QED) is 0.591. The molecule has 2 heterocycles. The van der Waals surface area contributed by atoms with Crippen LogP contribution in [0, 0.1) is 0 Å². The predicted octanol–water partition coefficient (Wildman–Crippen LogP) is 5.72. The molecule has 2 heteroatoms. The molecule has 2 atom stereocenters. The highest BCUT2D eigenvalue weighted by Gasteiger charge is 2.24. The summed E-state index contributed by atoms with van der Waals surface area (Å²) in [4.78, 5) is 8.38. The molecule has 0 saturated heterocycles. The van der Waals surface area contributed by atoms with Gasteiger partial charge in [0.2, 0.25) is 0 Å². The van der Waals surface area contributed by atoms with Crippen LogP contribution in [0.3, 0.4) is 0 Å². The lowest BCUT2D eigenvalue weighted by atomic mass is 9.76. The summed E-state index contributed by atoms with van der Waals surface area (Å²) in [6, 6.07) is 8.78. The molecule has 118 valence electrons. The van der Waals surface area contributed by atoms with Crippen molar-refractivity contribution in [2.75, 3.05) is 0 Å². The number of aromatic nitrogens is 2. The molecule has 22 heavy (non-hydrogen) atoms. The van der Waals surface area contributed by atoms with Crippen LogP contribution >= 0.6 is 0 Å². The Hall–Kier alpha value is -1.70. The van der Waals surface area contributed by atoms with Gasteiger partial charge >= 0.3 is 0 Å². The molecule has 2 rings (SSSR count). The highest BCUT2D eigenvalue weighted by molar-refractivity contribution is 5.26. The molecule has 0 aromatic carbocycles. The van der Waals surface area contributed by atoms with Crippen molar-refractivity contribution in [2.45, 2.75) is 64.2 Å². The van der Waals surface area contributed by atoms with Gasteiger partial charge < -0.3 is 0 Å². The van der Waals surface area contributed by atoms with Crippen LogP contribution < -0.4 is 0 Å². The minimum Gasteiger partial charge on any atom is -0.265 e. The van der Waals surface area contributed by atoms with Gasteiger partial charge in [0.05, 0.1) is 0 Å². The molecule has 2 aromatic heterocycles. The lowest BCUT2D eigenvalue weighted by Gasteiger charge is -2.28. The van der Waals surface area contributed by atoms with Crippen LogP contribution in [0.5, 0.6) is 0 Å². The van der Waals surface area contributed by atoms with Crippen LogP contribution in [0.4, 0.5) is 0 Å². The van der Waals surface area contributed by atoms with Crippen LogP contribution in [0.15, 0.2) is 49.1 Å². The second-order valence-corrected chi connectivity index (χ2v) is 6.06. The topological polar surface area (TPSA) is 25.8 Å². The average Bonchev–Trinajstić information content (AvgIpc) is 2.59. The van der Waals surface area contributed by atoms with Crippen molar-refractivity contribution in [1.82, 2.24) is 9.97 Å². The van der Waals surface area contributed by atoms with Gasteiger partial charge in [-0.1, -0.05) is 39.5 Å². The van der Waals surface area contributed by atoms with Gasteiger partial charge in [-0.2, -0.15) is 0 Å². The van der Waals surface area contributed by atoms with Crippen LogP contribution in [0.2, 0.25) is 0 Å². The first kappa shape index (κ1) is 16.7. The molecule has 2 nitrogen and oxygen atoms in total. The first-order valence-corrected chi connectivity index (χ1v) is 8.66. The molecule has 0 N–H and O–H groups in total. The van der Waals surface area contributed by atoms with Crippen molar-refractivity contribution in [3.8, 4) is 0 Å². The van der Waals surface area contributed by atoms with Gasteiger partial charge in [0.15, 0.2) is 0 Å². The van der Waals surface area contributed by atoms with E-state index < -0.39 is 0 Å². The summed E-state index contributed by atoms with van der Waals surface area (Å²) in [5, 5.41) is 0. The lowest BCUT2D eigenvalue weighted by Crippen LogP contribution is -2.12. The van der Waals surface area contributed by atoms with E-state index in [1.807, 2.05) is 24.8 Å². The largest absolute Gasteiger partial charge is 0.265 e. The molecule has 0 aliphatic heterocycles. The van der Waals surface area contributed by atoms with E-state index in [1.54, 1.807) is 0 Å². The van der Waals surface area contributed by atoms with Gasteiger partial charge in [-0.3, -0.25) is 9.97 Å². The van der Waals surface area contributed by atoms with Crippen LogP contribution in [-0.2, 0) is 0 Å². The molecular formula is C20H28N2. The summed E-state index contributed by atoms with van der Waals surface area (Å²) in [7, 11) is 0. The van der Waals surface area contributed by atoms with Crippen LogP contribution in [-0.4, -0.2) is 9.97 Å². The minimum atomic E-state index is 0.580. The Labute approximate surface area is 135 Å². The van der Waals surface area contributed by atoms with Gasteiger partial charge in [0.25, 0.3) is 0 Å². The first-order valence-electron chi connectivity index (χ1n) is 8.66. The molecule has 0 bridgehead atoms. The van der Waals surface area contributed by atoms with E-state index >= 15 is 0 Å². The highest BCUT2D eigenvalue weighted by Crippen LogP contribution is 2.39. The van der Waals surface area contributed by atoms with Crippen molar-refractivity contribution >= 4 is 0 Å². The number of rotatable bonds is 9. The van der Waals surface area contributed by atoms with Crippen molar-refractivity contribution in [1.29, 1.82) is 0 Å². The fourth-order valence-corrected chi connectivity index (χ4v) is 3.27. The second-order valence-electron chi connectivity index (χ2n) is 6.06. The van der Waals surface area contributed by atoms with Crippen molar-refractivity contribution in [2.24, 2.45) is 0 Å². The SMILES string of the molecule is CCCC[C@H](c1ccncc1)[C@H](CCCC)c1ccncc1. The van der Waals surface area contributed by atoms with Crippen molar-refractivity contribution in [3.63, 3.8) is 0 Å². The van der Waals surface area contributed by atoms with E-state index in [0.717, 1.165) is 0 Å². The zero-order valence-corrected chi connectivity index (χ0v) is 13.9. The van der Waals surface area contributed by atoms with E-state index in [0.29, 0.717) is 11.8 Å². The fourth-order valence-electron chi connectivity index (χ4n) is 3.27. The molecule has 0 aliphatic rings. The molecule has 0 fully saturated rings. The third-order valence-corrected chi connectivity index (χ3v) is 4.49. The van der Waals surface area contributed by atoms with Crippen molar-refractivity contribution in [3.05, 3.63) is 60.2 Å². The summed E-state index contributed by atoms with van der Waals surface area (Å²) in [5.74, 6) is 1.16. The van der Waals surface area contributed by atoms with E-state index in [2.05, 4.69) is 48.1 Å². The third-order valence-electron chi connectivity index (χ3n) is 4.49. The maximum Gasteiger partial charge on any atom is 0.0270 e. The summed E-state index contributed by atoms with van der Waals surface area (Å²) in [6.45, 7) is 4.55. The maximum atomic E-state index is 4.19. The van der Waals surface area contributed by atoms with Gasteiger partial charge in [-0.15, -0.1) is 0 Å². The Morgan fingerprint density at radius 1 is 0.682 bits per heavy atom. The standard InChI is InChI=1S/C20H28N2/c1-3-5-7-19(17-9-13-21-14-10-17)20(8-6-4-2)18-11-15-22-16-12-18/h9-16,19-20H,3-8H2,1-2H3/t19-,20-/m1/s1. The van der Waals surface area contributed by atoms with E-state index in [4.69, 9.17) is 0 Å². The second kappa shape index (κ2) is 9.34. The average molecular weight is 296 g/mol. The number of hydrogen-bond acceptors (Lipinski definition) is 2. The predicted molar refractivity (Wildman–Crippen MR) is 93.0 cm³/mol. The summed E-state index contributed by atoms with van der Waals surface area (Å²) >= 11 is 0. The van der Waals surface area contributed by atoms with Gasteiger partial charge in [-0.05, 0) is 60.1 Å². The Balaban J connectivity index is 2.30. The normalized spacial score (nSPS) is 13.7. The van der Waals surface area contributed by atoms with Gasteiger partial charge in [0, 0.05) is 24.8 Å². The molecule has 2 aromatic rings.